The van der Waals surface area contributed by atoms with E-state index in [1.54, 1.807) is 24.1 Å². The molecule has 1 saturated heterocycles. The molecule has 128 valence electrons. The number of likely N-dealkylation sites (tertiary alicyclic amines) is 1. The molecule has 2 N–H and O–H groups in total. The van der Waals surface area contributed by atoms with Gasteiger partial charge in [-0.25, -0.2) is 13.1 Å². The number of nitrogens with zero attached hydrogens (tertiary/aromatic N) is 1. The number of nitrogens with one attached hydrogen (secondary N) is 1. The van der Waals surface area contributed by atoms with Crippen molar-refractivity contribution in [2.24, 2.45) is 0 Å². The summed E-state index contributed by atoms with van der Waals surface area (Å²) in [5.41, 5.74) is 0.327. The Bertz CT molecular complexity index is 647. The molecule has 1 aromatic carbocycles. The van der Waals surface area contributed by atoms with E-state index in [0.717, 1.165) is 12.8 Å². The van der Waals surface area contributed by atoms with Crippen molar-refractivity contribution in [3.05, 3.63) is 29.8 Å². The molecule has 0 aliphatic carbocycles. The van der Waals surface area contributed by atoms with E-state index in [1.807, 2.05) is 0 Å². The number of piperidine rings is 1. The number of aliphatic hydroxyl groups excluding tert-OH is 1. The highest BCUT2D eigenvalue weighted by molar-refractivity contribution is 7.89. The van der Waals surface area contributed by atoms with Crippen LogP contribution in [0.5, 0.6) is 0 Å². The van der Waals surface area contributed by atoms with Gasteiger partial charge in [-0.05, 0) is 31.0 Å². The van der Waals surface area contributed by atoms with Crippen LogP contribution in [0, 0.1) is 0 Å². The summed E-state index contributed by atoms with van der Waals surface area (Å²) in [6.07, 6.45) is 1.80. The van der Waals surface area contributed by atoms with E-state index in [1.165, 1.54) is 12.1 Å². The summed E-state index contributed by atoms with van der Waals surface area (Å²) >= 11 is 0. The largest absolute Gasteiger partial charge is 0.395 e. The fourth-order valence-electron chi connectivity index (χ4n) is 2.56. The van der Waals surface area contributed by atoms with Crippen LogP contribution in [0.1, 0.15) is 23.2 Å². The van der Waals surface area contributed by atoms with Crippen molar-refractivity contribution >= 4 is 15.9 Å². The predicted octanol–water partition coefficient (Wildman–Crippen LogP) is 0.208. The number of benzene rings is 1. The number of carbonyl (C=O) groups excluding carboxylic acids is 1. The lowest BCUT2D eigenvalue weighted by Crippen LogP contribution is -2.42. The zero-order valence-corrected chi connectivity index (χ0v) is 13.9. The van der Waals surface area contributed by atoms with Crippen LogP contribution in [0.25, 0.3) is 0 Å². The number of methoxy groups -OCH3 is 1. The monoisotopic (exact) mass is 342 g/mol. The molecule has 0 aromatic heterocycles. The Morgan fingerprint density at radius 1 is 1.48 bits per heavy atom. The number of hydrogen-bond acceptors (Lipinski definition) is 5. The molecule has 1 aliphatic heterocycles. The molecule has 1 amide bonds. The molecule has 1 aromatic rings. The summed E-state index contributed by atoms with van der Waals surface area (Å²) in [5, 5.41) is 8.74. The van der Waals surface area contributed by atoms with Crippen molar-refractivity contribution in [2.75, 3.05) is 33.4 Å². The van der Waals surface area contributed by atoms with Gasteiger partial charge in [-0.15, -0.1) is 0 Å². The van der Waals surface area contributed by atoms with Crippen LogP contribution in [-0.4, -0.2) is 63.8 Å². The van der Waals surface area contributed by atoms with Gasteiger partial charge in [0.05, 0.1) is 17.6 Å². The molecule has 0 saturated carbocycles. The van der Waals surface area contributed by atoms with E-state index in [0.29, 0.717) is 18.7 Å². The summed E-state index contributed by atoms with van der Waals surface area (Å²) in [6.45, 7) is 0.791. The normalized spacial score (nSPS) is 18.9. The highest BCUT2D eigenvalue weighted by atomic mass is 32.2. The molecule has 0 bridgehead atoms. The third kappa shape index (κ3) is 4.51. The van der Waals surface area contributed by atoms with Gasteiger partial charge in [-0.1, -0.05) is 6.07 Å². The fraction of sp³-hybridized carbons (Fsp3) is 0.533. The predicted molar refractivity (Wildman–Crippen MR) is 84.7 cm³/mol. The zero-order chi connectivity index (χ0) is 16.9. The van der Waals surface area contributed by atoms with Crippen molar-refractivity contribution in [1.82, 2.24) is 9.62 Å². The first-order valence-corrected chi connectivity index (χ1v) is 8.99. The first-order chi connectivity index (χ1) is 11.0. The smallest absolute Gasteiger partial charge is 0.253 e. The molecule has 23 heavy (non-hydrogen) atoms. The minimum absolute atomic E-state index is 0.0112. The molecule has 2 rings (SSSR count). The summed E-state index contributed by atoms with van der Waals surface area (Å²) in [6, 6.07) is 5.92. The number of aliphatic hydroxyl groups is 1. The van der Waals surface area contributed by atoms with Crippen molar-refractivity contribution < 1.29 is 23.1 Å². The summed E-state index contributed by atoms with van der Waals surface area (Å²) < 4.78 is 31.7. The second-order valence-electron chi connectivity index (χ2n) is 5.40. The molecule has 7 nitrogen and oxygen atoms in total. The maximum atomic E-state index is 12.6. The lowest BCUT2D eigenvalue weighted by molar-refractivity contribution is 0.0269. The minimum atomic E-state index is -3.73. The Labute approximate surface area is 136 Å². The first-order valence-electron chi connectivity index (χ1n) is 7.50. The summed E-state index contributed by atoms with van der Waals surface area (Å²) in [5.74, 6) is -0.203. The average molecular weight is 342 g/mol. The fourth-order valence-corrected chi connectivity index (χ4v) is 3.62. The van der Waals surface area contributed by atoms with Gasteiger partial charge >= 0.3 is 0 Å². The van der Waals surface area contributed by atoms with E-state index in [2.05, 4.69) is 4.72 Å². The van der Waals surface area contributed by atoms with Crippen LogP contribution in [0.4, 0.5) is 0 Å². The van der Waals surface area contributed by atoms with Crippen LogP contribution in [0.15, 0.2) is 29.2 Å². The van der Waals surface area contributed by atoms with Gasteiger partial charge in [0, 0.05) is 32.3 Å². The van der Waals surface area contributed by atoms with Crippen LogP contribution >= 0.6 is 0 Å². The standard InChI is InChI=1S/C15H22N2O5S/c1-22-13-5-3-8-17(11-13)15(19)12-4-2-6-14(10-12)23(20,21)16-7-9-18/h2,4,6,10,13,16,18H,3,5,7-9,11H2,1H3/t13-/m0/s1. The van der Waals surface area contributed by atoms with E-state index in [-0.39, 0.29) is 30.1 Å². The molecule has 8 heteroatoms. The quantitative estimate of drug-likeness (QED) is 0.770. The lowest BCUT2D eigenvalue weighted by Gasteiger charge is -2.32. The van der Waals surface area contributed by atoms with Gasteiger partial charge in [-0.2, -0.15) is 0 Å². The van der Waals surface area contributed by atoms with Crippen LogP contribution in [-0.2, 0) is 14.8 Å². The lowest BCUT2D eigenvalue weighted by atomic mass is 10.1. The summed E-state index contributed by atoms with van der Waals surface area (Å²) in [4.78, 5) is 14.3. The molecule has 1 atom stereocenters. The Morgan fingerprint density at radius 3 is 2.96 bits per heavy atom. The van der Waals surface area contributed by atoms with Gasteiger partial charge in [-0.3, -0.25) is 4.79 Å². The van der Waals surface area contributed by atoms with Crippen molar-refractivity contribution in [2.45, 2.75) is 23.8 Å². The highest BCUT2D eigenvalue weighted by Crippen LogP contribution is 2.18. The third-order valence-corrected chi connectivity index (χ3v) is 5.25. The Kier molecular flexibility index (Phi) is 6.11. The topological polar surface area (TPSA) is 95.9 Å². The number of ether oxygens (including phenoxy) is 1. The van der Waals surface area contributed by atoms with Gasteiger partial charge in [0.25, 0.3) is 5.91 Å². The number of carbonyl (C=O) groups is 1. The van der Waals surface area contributed by atoms with Crippen molar-refractivity contribution in [3.63, 3.8) is 0 Å². The Hall–Kier alpha value is -1.48. The van der Waals surface area contributed by atoms with Gasteiger partial charge in [0.2, 0.25) is 10.0 Å². The van der Waals surface area contributed by atoms with Crippen molar-refractivity contribution in [3.8, 4) is 0 Å². The van der Waals surface area contributed by atoms with E-state index in [9.17, 15) is 13.2 Å². The van der Waals surface area contributed by atoms with E-state index in [4.69, 9.17) is 9.84 Å². The maximum absolute atomic E-state index is 12.6. The Balaban J connectivity index is 2.17. The molecule has 1 fully saturated rings. The molecular formula is C15H22N2O5S. The summed E-state index contributed by atoms with van der Waals surface area (Å²) in [7, 11) is -2.11. The molecule has 0 unspecified atom stereocenters. The number of amides is 1. The molecule has 1 aliphatic rings. The molecular weight excluding hydrogens is 320 g/mol. The third-order valence-electron chi connectivity index (χ3n) is 3.79. The van der Waals surface area contributed by atoms with E-state index >= 15 is 0 Å². The Morgan fingerprint density at radius 2 is 2.26 bits per heavy atom. The SMILES string of the molecule is CO[C@H]1CCCN(C(=O)c2cccc(S(=O)(=O)NCCO)c2)C1. The first kappa shape index (κ1) is 17.9. The van der Waals surface area contributed by atoms with Crippen LogP contribution in [0.3, 0.4) is 0 Å². The van der Waals surface area contributed by atoms with Crippen molar-refractivity contribution in [1.29, 1.82) is 0 Å². The van der Waals surface area contributed by atoms with Gasteiger partial charge < -0.3 is 14.7 Å². The van der Waals surface area contributed by atoms with Crippen LogP contribution in [0.2, 0.25) is 0 Å². The highest BCUT2D eigenvalue weighted by Gasteiger charge is 2.25. The number of hydrogen-bond donors (Lipinski definition) is 2. The number of rotatable bonds is 6. The van der Waals surface area contributed by atoms with Gasteiger partial charge in [0.1, 0.15) is 0 Å². The minimum Gasteiger partial charge on any atom is -0.395 e. The maximum Gasteiger partial charge on any atom is 0.253 e. The number of sulfonamides is 1. The zero-order valence-electron chi connectivity index (χ0n) is 13.1. The van der Waals surface area contributed by atoms with Gasteiger partial charge in [0.15, 0.2) is 0 Å². The molecule has 0 radical (unpaired) electrons. The molecule has 1 heterocycles. The molecule has 0 spiro atoms. The second kappa shape index (κ2) is 7.87. The average Bonchev–Trinajstić information content (AvgIpc) is 2.59. The second-order valence-corrected chi connectivity index (χ2v) is 7.17. The van der Waals surface area contributed by atoms with E-state index < -0.39 is 10.0 Å². The van der Waals surface area contributed by atoms with Crippen LogP contribution < -0.4 is 4.72 Å².